The number of nitrogens with zero attached hydrogens (tertiary/aromatic N) is 2. The van der Waals surface area contributed by atoms with Crippen LogP contribution in [0.25, 0.3) is 16.6 Å². The molecule has 0 amide bonds. The van der Waals surface area contributed by atoms with Crippen molar-refractivity contribution in [2.24, 2.45) is 0 Å². The van der Waals surface area contributed by atoms with Crippen LogP contribution < -0.4 is 4.74 Å². The number of aromatic amines is 1. The molecule has 4 nitrogen and oxygen atoms in total. The minimum absolute atomic E-state index is 0.612. The molecule has 3 rings (SSSR count). The number of aromatic nitrogens is 3. The van der Waals surface area contributed by atoms with Gasteiger partial charge in [0.25, 0.3) is 0 Å². The third-order valence-electron chi connectivity index (χ3n) is 2.47. The van der Waals surface area contributed by atoms with Gasteiger partial charge in [0.15, 0.2) is 5.65 Å². The van der Waals surface area contributed by atoms with Gasteiger partial charge in [-0.05, 0) is 13.0 Å². The number of nitrogens with one attached hydrogen (secondary N) is 1. The van der Waals surface area contributed by atoms with Crippen molar-refractivity contribution in [1.29, 1.82) is 0 Å². The zero-order chi connectivity index (χ0) is 11.1. The Labute approximate surface area is 96.8 Å². The molecule has 0 saturated carbocycles. The number of hydrogen-bond acceptors (Lipinski definition) is 2. The molecule has 0 bridgehead atoms. The van der Waals surface area contributed by atoms with Crippen LogP contribution >= 0.6 is 11.6 Å². The molecule has 0 aliphatic carbocycles. The van der Waals surface area contributed by atoms with Crippen molar-refractivity contribution in [3.8, 4) is 5.75 Å². The Morgan fingerprint density at radius 2 is 2.44 bits per heavy atom. The lowest BCUT2D eigenvalue weighted by Crippen LogP contribution is -1.95. The first kappa shape index (κ1) is 9.54. The zero-order valence-electron chi connectivity index (χ0n) is 8.70. The SMILES string of the molecule is CCOc1cc(Cl)c2c3cc[nH]c3nn2c1. The van der Waals surface area contributed by atoms with E-state index in [-0.39, 0.29) is 0 Å². The fraction of sp³-hybridized carbons (Fsp3) is 0.182. The zero-order valence-corrected chi connectivity index (χ0v) is 9.45. The molecule has 0 spiro atoms. The van der Waals surface area contributed by atoms with Gasteiger partial charge in [-0.1, -0.05) is 11.6 Å². The van der Waals surface area contributed by atoms with Crippen LogP contribution in [-0.2, 0) is 0 Å². The van der Waals surface area contributed by atoms with E-state index in [2.05, 4.69) is 10.1 Å². The van der Waals surface area contributed by atoms with Crippen molar-refractivity contribution in [2.45, 2.75) is 6.92 Å². The van der Waals surface area contributed by atoms with Gasteiger partial charge in [0.2, 0.25) is 0 Å². The topological polar surface area (TPSA) is 42.3 Å². The molecule has 0 fully saturated rings. The van der Waals surface area contributed by atoms with Crippen LogP contribution in [0.1, 0.15) is 6.92 Å². The highest BCUT2D eigenvalue weighted by Gasteiger charge is 2.10. The Hall–Kier alpha value is -1.68. The fourth-order valence-corrected chi connectivity index (χ4v) is 2.14. The molecule has 0 aliphatic heterocycles. The maximum Gasteiger partial charge on any atom is 0.160 e. The van der Waals surface area contributed by atoms with E-state index in [1.165, 1.54) is 0 Å². The highest BCUT2D eigenvalue weighted by Crippen LogP contribution is 2.29. The largest absolute Gasteiger partial charge is 0.492 e. The Balaban J connectivity index is 2.34. The first-order valence-electron chi connectivity index (χ1n) is 5.07. The van der Waals surface area contributed by atoms with Gasteiger partial charge in [-0.3, -0.25) is 0 Å². The van der Waals surface area contributed by atoms with Crippen LogP contribution in [0.4, 0.5) is 0 Å². The standard InChI is InChI=1S/C11H10ClN3O/c1-2-16-7-5-9(12)10-8-3-4-13-11(8)14-15(10)6-7/h3-6H,2H2,1H3,(H,13,14). The van der Waals surface area contributed by atoms with E-state index < -0.39 is 0 Å². The molecule has 0 radical (unpaired) electrons. The Bertz CT molecular complexity index is 656. The number of H-pyrrole nitrogens is 1. The minimum atomic E-state index is 0.612. The number of halogens is 1. The van der Waals surface area contributed by atoms with Crippen LogP contribution in [0.15, 0.2) is 24.5 Å². The highest BCUT2D eigenvalue weighted by atomic mass is 35.5. The summed E-state index contributed by atoms with van der Waals surface area (Å²) in [7, 11) is 0. The summed E-state index contributed by atoms with van der Waals surface area (Å²) in [4.78, 5) is 3.06. The van der Waals surface area contributed by atoms with Gasteiger partial charge < -0.3 is 9.72 Å². The van der Waals surface area contributed by atoms with Gasteiger partial charge in [0, 0.05) is 17.6 Å². The average molecular weight is 236 g/mol. The summed E-state index contributed by atoms with van der Waals surface area (Å²) in [6.07, 6.45) is 3.68. The molecule has 82 valence electrons. The number of hydrogen-bond donors (Lipinski definition) is 1. The van der Waals surface area contributed by atoms with Crippen molar-refractivity contribution >= 4 is 28.2 Å². The molecule has 16 heavy (non-hydrogen) atoms. The van der Waals surface area contributed by atoms with E-state index in [4.69, 9.17) is 16.3 Å². The van der Waals surface area contributed by atoms with E-state index in [9.17, 15) is 0 Å². The quantitative estimate of drug-likeness (QED) is 0.742. The fourth-order valence-electron chi connectivity index (χ4n) is 1.84. The van der Waals surface area contributed by atoms with Gasteiger partial charge >= 0.3 is 0 Å². The van der Waals surface area contributed by atoms with Crippen LogP contribution in [0.3, 0.4) is 0 Å². The van der Waals surface area contributed by atoms with Gasteiger partial charge in [-0.2, -0.15) is 0 Å². The van der Waals surface area contributed by atoms with Gasteiger partial charge in [0.1, 0.15) is 5.75 Å². The van der Waals surface area contributed by atoms with Crippen molar-refractivity contribution in [3.63, 3.8) is 0 Å². The summed E-state index contributed by atoms with van der Waals surface area (Å²) < 4.78 is 7.16. The van der Waals surface area contributed by atoms with Crippen molar-refractivity contribution in [2.75, 3.05) is 6.61 Å². The first-order chi connectivity index (χ1) is 7.79. The summed E-state index contributed by atoms with van der Waals surface area (Å²) in [6.45, 7) is 2.55. The maximum absolute atomic E-state index is 6.22. The second-order valence-corrected chi connectivity index (χ2v) is 3.90. The van der Waals surface area contributed by atoms with Gasteiger partial charge in [0.05, 0.1) is 23.3 Å². The minimum Gasteiger partial charge on any atom is -0.492 e. The van der Waals surface area contributed by atoms with Crippen molar-refractivity contribution in [3.05, 3.63) is 29.5 Å². The maximum atomic E-state index is 6.22. The lowest BCUT2D eigenvalue weighted by molar-refractivity contribution is 0.338. The van der Waals surface area contributed by atoms with E-state index in [1.807, 2.05) is 31.5 Å². The normalized spacial score (nSPS) is 11.4. The van der Waals surface area contributed by atoms with Crippen molar-refractivity contribution in [1.82, 2.24) is 14.6 Å². The monoisotopic (exact) mass is 235 g/mol. The molecule has 3 heterocycles. The number of rotatable bonds is 2. The Morgan fingerprint density at radius 1 is 1.56 bits per heavy atom. The second kappa shape index (κ2) is 3.42. The van der Waals surface area contributed by atoms with Gasteiger partial charge in [-0.15, -0.1) is 5.10 Å². The summed E-state index contributed by atoms with van der Waals surface area (Å²) >= 11 is 6.22. The predicted octanol–water partition coefficient (Wildman–Crippen LogP) is 2.87. The molecule has 3 aromatic rings. The molecule has 0 saturated heterocycles. The smallest absolute Gasteiger partial charge is 0.160 e. The summed E-state index contributed by atoms with van der Waals surface area (Å²) in [5, 5.41) is 6.04. The first-order valence-corrected chi connectivity index (χ1v) is 5.45. The average Bonchev–Trinajstić information content (AvgIpc) is 2.76. The molecular formula is C11H10ClN3O. The predicted molar refractivity (Wildman–Crippen MR) is 63.2 cm³/mol. The molecule has 0 atom stereocenters. The lowest BCUT2D eigenvalue weighted by atomic mass is 10.3. The third-order valence-corrected chi connectivity index (χ3v) is 2.76. The van der Waals surface area contributed by atoms with Crippen LogP contribution in [0.2, 0.25) is 5.02 Å². The van der Waals surface area contributed by atoms with Crippen LogP contribution in [0.5, 0.6) is 5.75 Å². The molecule has 3 aromatic heterocycles. The Kier molecular flexibility index (Phi) is 2.04. The summed E-state index contributed by atoms with van der Waals surface area (Å²) in [5.74, 6) is 0.727. The van der Waals surface area contributed by atoms with Crippen LogP contribution in [-0.4, -0.2) is 21.2 Å². The van der Waals surface area contributed by atoms with E-state index in [0.29, 0.717) is 11.6 Å². The summed E-state index contributed by atoms with van der Waals surface area (Å²) in [6, 6.07) is 3.78. The molecule has 5 heteroatoms. The molecule has 1 N–H and O–H groups in total. The summed E-state index contributed by atoms with van der Waals surface area (Å²) in [5.41, 5.74) is 1.73. The third kappa shape index (κ3) is 1.27. The van der Waals surface area contributed by atoms with E-state index in [1.54, 1.807) is 4.52 Å². The number of pyridine rings is 1. The molecule has 0 unspecified atom stereocenters. The Morgan fingerprint density at radius 3 is 3.25 bits per heavy atom. The van der Waals surface area contributed by atoms with E-state index in [0.717, 1.165) is 22.3 Å². The second-order valence-electron chi connectivity index (χ2n) is 3.49. The van der Waals surface area contributed by atoms with Crippen LogP contribution in [0, 0.1) is 0 Å². The molecule has 0 aromatic carbocycles. The molecule has 0 aliphatic rings. The number of ether oxygens (including phenoxy) is 1. The van der Waals surface area contributed by atoms with E-state index >= 15 is 0 Å². The number of fused-ring (bicyclic) bond motifs is 3. The molecular weight excluding hydrogens is 226 g/mol. The lowest BCUT2D eigenvalue weighted by Gasteiger charge is -2.04. The van der Waals surface area contributed by atoms with Crippen molar-refractivity contribution < 1.29 is 4.74 Å². The highest BCUT2D eigenvalue weighted by molar-refractivity contribution is 6.35. The van der Waals surface area contributed by atoms with Gasteiger partial charge in [-0.25, -0.2) is 4.52 Å².